The Morgan fingerprint density at radius 3 is 2.46 bits per heavy atom. The van der Waals surface area contributed by atoms with E-state index in [0.717, 1.165) is 15.9 Å². The Bertz CT molecular complexity index is 780. The number of nitrogens with one attached hydrogen (secondary N) is 1. The van der Waals surface area contributed by atoms with Crippen LogP contribution >= 0.6 is 15.9 Å². The number of pyridine rings is 1. The van der Waals surface area contributed by atoms with Gasteiger partial charge in [-0.1, -0.05) is 57.2 Å². The topological polar surface area (TPSA) is 97.5 Å². The third-order valence-electron chi connectivity index (χ3n) is 4.82. The van der Waals surface area contributed by atoms with E-state index in [4.69, 9.17) is 10.5 Å². The molecule has 2 aromatic rings. The van der Waals surface area contributed by atoms with Crippen molar-refractivity contribution in [2.75, 3.05) is 6.54 Å². The van der Waals surface area contributed by atoms with Gasteiger partial charge in [-0.2, -0.15) is 0 Å². The Morgan fingerprint density at radius 2 is 1.89 bits per heavy atom. The van der Waals surface area contributed by atoms with Crippen molar-refractivity contribution in [2.45, 2.75) is 45.4 Å². The minimum Gasteiger partial charge on any atom is -0.439 e. The van der Waals surface area contributed by atoms with Gasteiger partial charge in [-0.05, 0) is 33.6 Å². The molecule has 0 saturated heterocycles. The predicted octanol–water partition coefficient (Wildman–Crippen LogP) is 3.42. The minimum atomic E-state index is -1.20. The number of benzene rings is 1. The lowest BCUT2D eigenvalue weighted by Gasteiger charge is -2.46. The lowest BCUT2D eigenvalue weighted by molar-refractivity contribution is -0.140. The highest BCUT2D eigenvalue weighted by molar-refractivity contribution is 9.10. The molecule has 1 amide bonds. The van der Waals surface area contributed by atoms with Gasteiger partial charge in [-0.15, -0.1) is 0 Å². The summed E-state index contributed by atoms with van der Waals surface area (Å²) in [5, 5.41) is 14.3. The molecule has 0 saturated carbocycles. The number of hydrogen-bond donors (Lipinski definition) is 3. The molecule has 0 spiro atoms. The van der Waals surface area contributed by atoms with E-state index >= 15 is 0 Å². The summed E-state index contributed by atoms with van der Waals surface area (Å²) in [6, 6.07) is 15.3. The second-order valence-electron chi connectivity index (χ2n) is 7.82. The number of carbonyl (C=O) groups is 1. The van der Waals surface area contributed by atoms with Crippen LogP contribution in [0.2, 0.25) is 0 Å². The summed E-state index contributed by atoms with van der Waals surface area (Å²) in [7, 11) is 0. The van der Waals surface area contributed by atoms with E-state index in [9.17, 15) is 9.90 Å². The molecule has 7 heteroatoms. The van der Waals surface area contributed by atoms with Gasteiger partial charge in [0.25, 0.3) is 0 Å². The maximum absolute atomic E-state index is 11.7. The van der Waals surface area contributed by atoms with Crippen LogP contribution < -0.4 is 11.1 Å². The van der Waals surface area contributed by atoms with E-state index in [-0.39, 0.29) is 6.54 Å². The molecule has 4 N–H and O–H groups in total. The molecule has 0 fully saturated rings. The van der Waals surface area contributed by atoms with Crippen LogP contribution in [0.25, 0.3) is 0 Å². The van der Waals surface area contributed by atoms with E-state index in [1.165, 1.54) is 0 Å². The number of nitrogens with two attached hydrogens (primary N) is 1. The molecule has 2 atom stereocenters. The number of ether oxygens (including phenoxy) is 1. The smallest absolute Gasteiger partial charge is 0.405 e. The number of nitrogens with zero attached hydrogens (tertiary/aromatic N) is 1. The Balaban J connectivity index is 2.21. The Kier molecular flexibility index (Phi) is 7.57. The second-order valence-corrected chi connectivity index (χ2v) is 8.63. The average molecular weight is 450 g/mol. The first-order valence-electron chi connectivity index (χ1n) is 9.16. The fourth-order valence-electron chi connectivity index (χ4n) is 3.27. The number of aromatic nitrogens is 1. The molecule has 6 nitrogen and oxygen atoms in total. The number of primary amides is 1. The maximum Gasteiger partial charge on any atom is 0.405 e. The molecule has 0 aliphatic rings. The van der Waals surface area contributed by atoms with E-state index in [0.29, 0.717) is 13.0 Å². The van der Waals surface area contributed by atoms with Crippen molar-refractivity contribution in [3.63, 3.8) is 0 Å². The van der Waals surface area contributed by atoms with Crippen molar-refractivity contribution in [1.82, 2.24) is 10.3 Å². The van der Waals surface area contributed by atoms with Gasteiger partial charge >= 0.3 is 6.09 Å². The summed E-state index contributed by atoms with van der Waals surface area (Å²) >= 11 is 3.35. The third-order valence-corrected chi connectivity index (χ3v) is 5.26. The quantitative estimate of drug-likeness (QED) is 0.536. The zero-order valence-corrected chi connectivity index (χ0v) is 18.1. The molecule has 28 heavy (non-hydrogen) atoms. The first kappa shape index (κ1) is 22.3. The van der Waals surface area contributed by atoms with Gasteiger partial charge in [0.05, 0.1) is 5.69 Å². The molecule has 1 aromatic heterocycles. The number of aliphatic hydroxyl groups excluding tert-OH is 1. The van der Waals surface area contributed by atoms with Gasteiger partial charge in [-0.25, -0.2) is 9.78 Å². The Morgan fingerprint density at radius 1 is 1.21 bits per heavy atom. The molecular weight excluding hydrogens is 422 g/mol. The SMILES string of the molecule is CC(C)(C)[C@](Cc1ccccc1)(OC(N)=O)[C@H](O)CNCc1cccc(Br)n1. The average Bonchev–Trinajstić information content (AvgIpc) is 2.60. The fourth-order valence-corrected chi connectivity index (χ4v) is 3.65. The summed E-state index contributed by atoms with van der Waals surface area (Å²) in [5.74, 6) is 0. The minimum absolute atomic E-state index is 0.214. The van der Waals surface area contributed by atoms with Crippen LogP contribution in [0.15, 0.2) is 53.1 Å². The lowest BCUT2D eigenvalue weighted by atomic mass is 9.69. The van der Waals surface area contributed by atoms with E-state index < -0.39 is 23.2 Å². The van der Waals surface area contributed by atoms with E-state index in [1.54, 1.807) is 0 Å². The van der Waals surface area contributed by atoms with Gasteiger partial charge < -0.3 is 20.9 Å². The molecule has 0 aliphatic heterocycles. The highest BCUT2D eigenvalue weighted by Gasteiger charge is 2.51. The largest absolute Gasteiger partial charge is 0.439 e. The normalized spacial score (nSPS) is 14.9. The molecule has 1 heterocycles. The molecule has 0 aliphatic carbocycles. The summed E-state index contributed by atoms with van der Waals surface area (Å²) in [4.78, 5) is 16.1. The summed E-state index contributed by atoms with van der Waals surface area (Å²) in [6.45, 7) is 6.47. The van der Waals surface area contributed by atoms with Gasteiger partial charge in [-0.3, -0.25) is 0 Å². The number of aliphatic hydroxyl groups is 1. The van der Waals surface area contributed by atoms with E-state index in [2.05, 4.69) is 26.2 Å². The first-order valence-corrected chi connectivity index (χ1v) is 9.96. The summed E-state index contributed by atoms with van der Waals surface area (Å²) in [5.41, 5.74) is 5.42. The second kappa shape index (κ2) is 9.49. The standard InChI is InChI=1S/C21H28BrN3O3/c1-20(2,3)21(28-19(23)27,12-15-8-5-4-6-9-15)17(26)14-24-13-16-10-7-11-18(22)25-16/h4-11,17,24,26H,12-14H2,1-3H3,(H2,23,27)/t17-,21-/m1/s1. The van der Waals surface area contributed by atoms with Crippen LogP contribution in [0.3, 0.4) is 0 Å². The predicted molar refractivity (Wildman–Crippen MR) is 113 cm³/mol. The Hall–Kier alpha value is -1.96. The van der Waals surface area contributed by atoms with Crippen LogP contribution in [0.5, 0.6) is 0 Å². The zero-order chi connectivity index (χ0) is 20.8. The van der Waals surface area contributed by atoms with Gasteiger partial charge in [0.1, 0.15) is 16.3 Å². The Labute approximate surface area is 174 Å². The molecular formula is C21H28BrN3O3. The van der Waals surface area contributed by atoms with Gasteiger partial charge in [0, 0.05) is 24.9 Å². The summed E-state index contributed by atoms with van der Waals surface area (Å²) < 4.78 is 6.36. The van der Waals surface area contributed by atoms with Crippen LogP contribution in [0.4, 0.5) is 4.79 Å². The van der Waals surface area contributed by atoms with Crippen LogP contribution in [-0.2, 0) is 17.7 Å². The molecule has 2 rings (SSSR count). The van der Waals surface area contributed by atoms with Crippen molar-refractivity contribution in [3.05, 3.63) is 64.4 Å². The van der Waals surface area contributed by atoms with Crippen LogP contribution in [-0.4, -0.2) is 34.4 Å². The molecule has 0 bridgehead atoms. The third kappa shape index (κ3) is 5.77. The number of halogens is 1. The monoisotopic (exact) mass is 449 g/mol. The van der Waals surface area contributed by atoms with Crippen molar-refractivity contribution >= 4 is 22.0 Å². The molecule has 0 radical (unpaired) electrons. The number of carbonyl (C=O) groups excluding carboxylic acids is 1. The highest BCUT2D eigenvalue weighted by atomic mass is 79.9. The number of amides is 1. The van der Waals surface area contributed by atoms with E-state index in [1.807, 2.05) is 69.3 Å². The van der Waals surface area contributed by atoms with Crippen LogP contribution in [0, 0.1) is 5.41 Å². The van der Waals surface area contributed by atoms with Crippen molar-refractivity contribution in [2.24, 2.45) is 11.1 Å². The van der Waals surface area contributed by atoms with Gasteiger partial charge in [0.2, 0.25) is 0 Å². The molecule has 152 valence electrons. The molecule has 0 unspecified atom stereocenters. The van der Waals surface area contributed by atoms with Gasteiger partial charge in [0.15, 0.2) is 0 Å². The van der Waals surface area contributed by atoms with Crippen LogP contribution in [0.1, 0.15) is 32.0 Å². The highest BCUT2D eigenvalue weighted by Crippen LogP contribution is 2.40. The van der Waals surface area contributed by atoms with Crippen molar-refractivity contribution < 1.29 is 14.6 Å². The maximum atomic E-state index is 11.7. The van der Waals surface area contributed by atoms with Crippen molar-refractivity contribution in [3.8, 4) is 0 Å². The summed E-state index contributed by atoms with van der Waals surface area (Å²) in [6.07, 6.45) is -1.54. The fraction of sp³-hybridized carbons (Fsp3) is 0.429. The molecule has 1 aromatic carbocycles. The first-order chi connectivity index (χ1) is 13.1. The number of rotatable bonds is 8. The zero-order valence-electron chi connectivity index (χ0n) is 16.5. The lowest BCUT2D eigenvalue weighted by Crippen LogP contribution is -2.60. The van der Waals surface area contributed by atoms with Crippen molar-refractivity contribution in [1.29, 1.82) is 0 Å². The number of hydrogen-bond acceptors (Lipinski definition) is 5.